The second-order valence-corrected chi connectivity index (χ2v) is 7.61. The van der Waals surface area contributed by atoms with Crippen LogP contribution >= 0.6 is 0 Å². The highest BCUT2D eigenvalue weighted by Crippen LogP contribution is 2.24. The van der Waals surface area contributed by atoms with Crippen LogP contribution in [0, 0.1) is 5.92 Å². The maximum Gasteiger partial charge on any atom is 0.211 e. The van der Waals surface area contributed by atoms with Crippen molar-refractivity contribution in [2.75, 3.05) is 18.8 Å². The third-order valence-electron chi connectivity index (χ3n) is 4.16. The average molecular weight is 274 g/mol. The second kappa shape index (κ2) is 6.87. The van der Waals surface area contributed by atoms with Gasteiger partial charge in [-0.25, -0.2) is 13.1 Å². The topological polar surface area (TPSA) is 58.2 Å². The Labute approximate surface area is 111 Å². The first kappa shape index (κ1) is 14.3. The summed E-state index contributed by atoms with van der Waals surface area (Å²) in [6.45, 7) is 1.67. The van der Waals surface area contributed by atoms with Gasteiger partial charge in [0.15, 0.2) is 0 Å². The zero-order chi connectivity index (χ0) is 12.8. The lowest BCUT2D eigenvalue weighted by atomic mass is 9.91. The lowest BCUT2D eigenvalue weighted by molar-refractivity contribution is 0.383. The summed E-state index contributed by atoms with van der Waals surface area (Å²) in [5.41, 5.74) is 0. The van der Waals surface area contributed by atoms with E-state index in [-0.39, 0.29) is 0 Å². The van der Waals surface area contributed by atoms with Gasteiger partial charge in [0.2, 0.25) is 10.0 Å². The van der Waals surface area contributed by atoms with E-state index >= 15 is 0 Å². The minimum atomic E-state index is -3.05. The van der Waals surface area contributed by atoms with Crippen LogP contribution in [0.4, 0.5) is 0 Å². The van der Waals surface area contributed by atoms with Crippen molar-refractivity contribution >= 4 is 10.0 Å². The molecule has 2 fully saturated rings. The molecule has 0 aromatic rings. The molecular weight excluding hydrogens is 248 g/mol. The van der Waals surface area contributed by atoms with Gasteiger partial charge in [0, 0.05) is 12.6 Å². The SMILES string of the molecule is O=S(=O)(CC1CCCCC1)NCCC1CCCN1. The van der Waals surface area contributed by atoms with E-state index in [0.717, 1.165) is 25.8 Å². The molecule has 5 heteroatoms. The highest BCUT2D eigenvalue weighted by Gasteiger charge is 2.21. The van der Waals surface area contributed by atoms with Gasteiger partial charge in [-0.05, 0) is 44.6 Å². The first-order valence-corrected chi connectivity index (χ1v) is 9.02. The van der Waals surface area contributed by atoms with E-state index in [9.17, 15) is 8.42 Å². The standard InChI is InChI=1S/C13H26N2O2S/c16-18(17,11-12-5-2-1-3-6-12)15-10-8-13-7-4-9-14-13/h12-15H,1-11H2. The first-order valence-electron chi connectivity index (χ1n) is 7.36. The van der Waals surface area contributed by atoms with E-state index < -0.39 is 10.0 Å². The molecular formula is C13H26N2O2S. The van der Waals surface area contributed by atoms with E-state index in [1.165, 1.54) is 32.1 Å². The quantitative estimate of drug-likeness (QED) is 0.774. The molecule has 0 bridgehead atoms. The third kappa shape index (κ3) is 4.86. The lowest BCUT2D eigenvalue weighted by Gasteiger charge is -2.21. The van der Waals surface area contributed by atoms with E-state index in [2.05, 4.69) is 10.0 Å². The molecule has 0 amide bonds. The molecule has 1 saturated heterocycles. The summed E-state index contributed by atoms with van der Waals surface area (Å²) in [7, 11) is -3.05. The van der Waals surface area contributed by atoms with Crippen LogP contribution in [0.3, 0.4) is 0 Å². The summed E-state index contributed by atoms with van der Waals surface area (Å²) < 4.78 is 26.6. The Balaban J connectivity index is 1.66. The van der Waals surface area contributed by atoms with Crippen LogP contribution in [0.15, 0.2) is 0 Å². The van der Waals surface area contributed by atoms with Gasteiger partial charge in [-0.1, -0.05) is 19.3 Å². The molecule has 1 aliphatic carbocycles. The van der Waals surface area contributed by atoms with Crippen LogP contribution in [0.25, 0.3) is 0 Å². The van der Waals surface area contributed by atoms with Crippen molar-refractivity contribution in [2.45, 2.75) is 57.4 Å². The van der Waals surface area contributed by atoms with Crippen LogP contribution in [-0.2, 0) is 10.0 Å². The van der Waals surface area contributed by atoms with E-state index in [1.807, 2.05) is 0 Å². The Hall–Kier alpha value is -0.130. The Kier molecular flexibility index (Phi) is 5.45. The summed E-state index contributed by atoms with van der Waals surface area (Å²) in [5, 5.41) is 3.39. The van der Waals surface area contributed by atoms with E-state index in [4.69, 9.17) is 0 Å². The Bertz CT molecular complexity index is 331. The molecule has 1 aliphatic heterocycles. The molecule has 0 radical (unpaired) electrons. The molecule has 18 heavy (non-hydrogen) atoms. The van der Waals surface area contributed by atoms with Crippen LogP contribution in [0.1, 0.15) is 51.4 Å². The van der Waals surface area contributed by atoms with Crippen LogP contribution in [0.5, 0.6) is 0 Å². The highest BCUT2D eigenvalue weighted by atomic mass is 32.2. The van der Waals surface area contributed by atoms with Gasteiger partial charge in [0.1, 0.15) is 0 Å². The molecule has 1 saturated carbocycles. The van der Waals surface area contributed by atoms with Crippen LogP contribution in [0.2, 0.25) is 0 Å². The largest absolute Gasteiger partial charge is 0.314 e. The zero-order valence-electron chi connectivity index (χ0n) is 11.2. The Morgan fingerprint density at radius 1 is 1.06 bits per heavy atom. The average Bonchev–Trinajstić information content (AvgIpc) is 2.82. The normalized spacial score (nSPS) is 26.6. The lowest BCUT2D eigenvalue weighted by Crippen LogP contribution is -2.34. The zero-order valence-corrected chi connectivity index (χ0v) is 12.0. The molecule has 0 aromatic carbocycles. The number of rotatable bonds is 6. The second-order valence-electron chi connectivity index (χ2n) is 5.76. The minimum absolute atomic E-state index is 0.338. The summed E-state index contributed by atoms with van der Waals surface area (Å²) >= 11 is 0. The van der Waals surface area contributed by atoms with E-state index in [1.54, 1.807) is 0 Å². The van der Waals surface area contributed by atoms with Gasteiger partial charge in [0.25, 0.3) is 0 Å². The van der Waals surface area contributed by atoms with Gasteiger partial charge < -0.3 is 5.32 Å². The van der Waals surface area contributed by atoms with Crippen LogP contribution in [-0.4, -0.2) is 33.3 Å². The van der Waals surface area contributed by atoms with Gasteiger partial charge in [-0.3, -0.25) is 0 Å². The summed E-state index contributed by atoms with van der Waals surface area (Å²) in [5.74, 6) is 0.728. The van der Waals surface area contributed by atoms with Gasteiger partial charge >= 0.3 is 0 Å². The molecule has 0 spiro atoms. The first-order chi connectivity index (χ1) is 8.66. The van der Waals surface area contributed by atoms with Crippen molar-refractivity contribution in [3.63, 3.8) is 0 Å². The van der Waals surface area contributed by atoms with Crippen molar-refractivity contribution < 1.29 is 8.42 Å². The van der Waals surface area contributed by atoms with Gasteiger partial charge in [-0.15, -0.1) is 0 Å². The molecule has 1 heterocycles. The fourth-order valence-corrected chi connectivity index (χ4v) is 4.62. The number of nitrogens with one attached hydrogen (secondary N) is 2. The monoisotopic (exact) mass is 274 g/mol. The predicted molar refractivity (Wildman–Crippen MR) is 74.0 cm³/mol. The van der Waals surface area contributed by atoms with Gasteiger partial charge in [0.05, 0.1) is 5.75 Å². The van der Waals surface area contributed by atoms with Crippen molar-refractivity contribution in [1.82, 2.24) is 10.0 Å². The maximum atomic E-state index is 11.9. The number of hydrogen-bond acceptors (Lipinski definition) is 3. The molecule has 1 unspecified atom stereocenters. The van der Waals surface area contributed by atoms with Crippen molar-refractivity contribution in [1.29, 1.82) is 0 Å². The van der Waals surface area contributed by atoms with Gasteiger partial charge in [-0.2, -0.15) is 0 Å². The molecule has 106 valence electrons. The number of sulfonamides is 1. The van der Waals surface area contributed by atoms with Crippen molar-refractivity contribution in [2.24, 2.45) is 5.92 Å². The minimum Gasteiger partial charge on any atom is -0.314 e. The third-order valence-corrected chi connectivity index (χ3v) is 5.71. The summed E-state index contributed by atoms with van der Waals surface area (Å²) in [4.78, 5) is 0. The van der Waals surface area contributed by atoms with Crippen molar-refractivity contribution in [3.8, 4) is 0 Å². The highest BCUT2D eigenvalue weighted by molar-refractivity contribution is 7.89. The molecule has 1 atom stereocenters. The van der Waals surface area contributed by atoms with Crippen LogP contribution < -0.4 is 10.0 Å². The summed E-state index contributed by atoms with van der Waals surface area (Å²) in [6, 6.07) is 0.516. The molecule has 0 aromatic heterocycles. The summed E-state index contributed by atoms with van der Waals surface area (Å²) in [6.07, 6.45) is 9.18. The van der Waals surface area contributed by atoms with E-state index in [0.29, 0.717) is 24.3 Å². The van der Waals surface area contributed by atoms with Crippen molar-refractivity contribution in [3.05, 3.63) is 0 Å². The molecule has 2 aliphatic rings. The smallest absolute Gasteiger partial charge is 0.211 e. The molecule has 2 rings (SSSR count). The maximum absolute atomic E-state index is 11.9. The Morgan fingerprint density at radius 3 is 2.50 bits per heavy atom. The molecule has 2 N–H and O–H groups in total. The fraction of sp³-hybridized carbons (Fsp3) is 1.00. The Morgan fingerprint density at radius 2 is 1.83 bits per heavy atom. The molecule has 4 nitrogen and oxygen atoms in total. The predicted octanol–water partition coefficient (Wildman–Crippen LogP) is 1.63. The number of hydrogen-bond donors (Lipinski definition) is 2. The fourth-order valence-electron chi connectivity index (χ4n) is 3.11.